The van der Waals surface area contributed by atoms with Gasteiger partial charge in [-0.1, -0.05) is 12.1 Å². The second-order valence-corrected chi connectivity index (χ2v) is 3.66. The van der Waals surface area contributed by atoms with Crippen LogP contribution in [0.5, 0.6) is 5.75 Å². The summed E-state index contributed by atoms with van der Waals surface area (Å²) in [7, 11) is 0. The van der Waals surface area contributed by atoms with Gasteiger partial charge < -0.3 is 14.5 Å². The smallest absolute Gasteiger partial charge is 0.293 e. The highest BCUT2D eigenvalue weighted by Crippen LogP contribution is 2.24. The van der Waals surface area contributed by atoms with E-state index in [1.807, 2.05) is 6.07 Å². The lowest BCUT2D eigenvalue weighted by molar-refractivity contribution is 0.0995. The maximum Gasteiger partial charge on any atom is 0.293 e. The van der Waals surface area contributed by atoms with Crippen LogP contribution in [-0.4, -0.2) is 17.5 Å². The first-order valence-electron chi connectivity index (χ1n) is 5.52. The average molecular weight is 257 g/mol. The van der Waals surface area contributed by atoms with Gasteiger partial charge in [-0.15, -0.1) is 0 Å². The summed E-state index contributed by atoms with van der Waals surface area (Å²) < 4.78 is 10.2. The van der Waals surface area contributed by atoms with Crippen LogP contribution < -0.4 is 10.1 Å². The van der Waals surface area contributed by atoms with Crippen LogP contribution in [0.15, 0.2) is 35.1 Å². The van der Waals surface area contributed by atoms with Crippen LogP contribution in [0.1, 0.15) is 16.2 Å². The fraction of sp³-hybridized carbons (Fsp3) is 0.154. The van der Waals surface area contributed by atoms with Crippen molar-refractivity contribution in [2.45, 2.75) is 6.92 Å². The molecule has 0 bridgehead atoms. The molecule has 2 rings (SSSR count). The number of rotatable bonds is 4. The summed E-state index contributed by atoms with van der Waals surface area (Å²) in [4.78, 5) is 15.8. The average Bonchev–Trinajstić information content (AvgIpc) is 2.84. The quantitative estimate of drug-likeness (QED) is 0.906. The number of aromatic nitrogens is 1. The number of hydrogen-bond donors (Lipinski definition) is 1. The second-order valence-electron chi connectivity index (χ2n) is 3.66. The molecule has 0 saturated heterocycles. The van der Waals surface area contributed by atoms with E-state index < -0.39 is 5.91 Å². The van der Waals surface area contributed by atoms with E-state index in [9.17, 15) is 4.79 Å². The van der Waals surface area contributed by atoms with Gasteiger partial charge >= 0.3 is 0 Å². The van der Waals surface area contributed by atoms with Crippen molar-refractivity contribution in [3.63, 3.8) is 0 Å². The van der Waals surface area contributed by atoms with Gasteiger partial charge in [-0.3, -0.25) is 4.79 Å². The largest absolute Gasteiger partial charge is 0.477 e. The van der Waals surface area contributed by atoms with Gasteiger partial charge in [0.25, 0.3) is 5.91 Å². The number of para-hydroxylation sites is 2. The van der Waals surface area contributed by atoms with Crippen molar-refractivity contribution in [2.24, 2.45) is 0 Å². The van der Waals surface area contributed by atoms with Gasteiger partial charge in [0.15, 0.2) is 13.0 Å². The summed E-state index contributed by atoms with van der Waals surface area (Å²) in [5.41, 5.74) is 0.978. The molecule has 0 aliphatic heterocycles. The lowest BCUT2D eigenvalue weighted by atomic mass is 10.2. The molecule has 0 saturated carbocycles. The zero-order valence-electron chi connectivity index (χ0n) is 10.2. The van der Waals surface area contributed by atoms with Crippen LogP contribution in [0, 0.1) is 18.3 Å². The summed E-state index contributed by atoms with van der Waals surface area (Å²) in [5.74, 6) is 0.160. The van der Waals surface area contributed by atoms with Crippen molar-refractivity contribution in [1.82, 2.24) is 4.98 Å². The van der Waals surface area contributed by atoms with Gasteiger partial charge in [0.2, 0.25) is 5.76 Å². The Kier molecular flexibility index (Phi) is 3.78. The predicted molar refractivity (Wildman–Crippen MR) is 66.7 cm³/mol. The number of nitrogens with one attached hydrogen (secondary N) is 1. The lowest BCUT2D eigenvalue weighted by Crippen LogP contribution is -2.13. The molecule has 0 aliphatic rings. The molecule has 1 aromatic heterocycles. The number of ether oxygens (including phenoxy) is 1. The molecule has 96 valence electrons. The standard InChI is InChI=1S/C13H11N3O3/c1-9-12(19-8-15-9)13(17)16-10-4-2-3-5-11(10)18-7-6-14/h2-5,8H,7H2,1H3,(H,16,17). The van der Waals surface area contributed by atoms with E-state index in [2.05, 4.69) is 10.3 Å². The van der Waals surface area contributed by atoms with Gasteiger partial charge in [0.05, 0.1) is 11.4 Å². The van der Waals surface area contributed by atoms with Crippen molar-refractivity contribution in [3.05, 3.63) is 42.1 Å². The first-order chi connectivity index (χ1) is 9.22. The Hall–Kier alpha value is -2.81. The Morgan fingerprint density at radius 1 is 1.53 bits per heavy atom. The third-order valence-electron chi connectivity index (χ3n) is 2.38. The van der Waals surface area contributed by atoms with Crippen molar-refractivity contribution >= 4 is 11.6 Å². The van der Waals surface area contributed by atoms with Crippen molar-refractivity contribution in [3.8, 4) is 11.8 Å². The molecule has 1 aromatic carbocycles. The highest BCUT2D eigenvalue weighted by Gasteiger charge is 2.15. The number of carbonyl (C=O) groups excluding carboxylic acids is 1. The molecule has 1 N–H and O–H groups in total. The zero-order valence-corrected chi connectivity index (χ0v) is 10.2. The third-order valence-corrected chi connectivity index (χ3v) is 2.38. The monoisotopic (exact) mass is 257 g/mol. The molecule has 6 nitrogen and oxygen atoms in total. The van der Waals surface area contributed by atoms with Crippen molar-refractivity contribution < 1.29 is 13.9 Å². The number of anilines is 1. The predicted octanol–water partition coefficient (Wildman–Crippen LogP) is 2.14. The SMILES string of the molecule is Cc1ncoc1C(=O)Nc1ccccc1OCC#N. The van der Waals surface area contributed by atoms with Gasteiger partial charge in [0.1, 0.15) is 11.8 Å². The summed E-state index contributed by atoms with van der Waals surface area (Å²) in [6, 6.07) is 8.72. The van der Waals surface area contributed by atoms with Crippen molar-refractivity contribution in [2.75, 3.05) is 11.9 Å². The Bertz CT molecular complexity index is 628. The van der Waals surface area contributed by atoms with Crippen LogP contribution in [0.4, 0.5) is 5.69 Å². The highest BCUT2D eigenvalue weighted by atomic mass is 16.5. The summed E-state index contributed by atoms with van der Waals surface area (Å²) >= 11 is 0. The molecule has 0 radical (unpaired) electrons. The number of oxazole rings is 1. The van der Waals surface area contributed by atoms with Crippen molar-refractivity contribution in [1.29, 1.82) is 5.26 Å². The molecule has 19 heavy (non-hydrogen) atoms. The fourth-order valence-corrected chi connectivity index (χ4v) is 1.50. The number of benzene rings is 1. The minimum atomic E-state index is -0.414. The van der Waals surface area contributed by atoms with Gasteiger partial charge in [-0.25, -0.2) is 4.98 Å². The molecular weight excluding hydrogens is 246 g/mol. The number of hydrogen-bond acceptors (Lipinski definition) is 5. The molecule has 2 aromatic rings. The molecule has 1 amide bonds. The molecule has 0 unspecified atom stereocenters. The molecule has 1 heterocycles. The van der Waals surface area contributed by atoms with Crippen LogP contribution in [-0.2, 0) is 0 Å². The maximum atomic E-state index is 12.0. The third kappa shape index (κ3) is 2.90. The van der Waals surface area contributed by atoms with Crippen LogP contribution in [0.2, 0.25) is 0 Å². The molecular formula is C13H11N3O3. The minimum absolute atomic E-state index is 0.0891. The van der Waals surface area contributed by atoms with Gasteiger partial charge in [-0.2, -0.15) is 5.26 Å². The van der Waals surface area contributed by atoms with Gasteiger partial charge in [-0.05, 0) is 19.1 Å². The molecule has 0 atom stereocenters. The summed E-state index contributed by atoms with van der Waals surface area (Å²) in [5, 5.41) is 11.2. The summed E-state index contributed by atoms with van der Waals surface area (Å²) in [6.07, 6.45) is 1.21. The number of nitriles is 1. The summed E-state index contributed by atoms with van der Waals surface area (Å²) in [6.45, 7) is 1.59. The van der Waals surface area contributed by atoms with E-state index in [-0.39, 0.29) is 12.4 Å². The lowest BCUT2D eigenvalue weighted by Gasteiger charge is -2.09. The first kappa shape index (κ1) is 12.6. The van der Waals surface area contributed by atoms with E-state index in [1.54, 1.807) is 31.2 Å². The number of amides is 1. The second kappa shape index (κ2) is 5.69. The normalized spacial score (nSPS) is 9.68. The van der Waals surface area contributed by atoms with E-state index in [4.69, 9.17) is 14.4 Å². The van der Waals surface area contributed by atoms with E-state index in [1.165, 1.54) is 6.39 Å². The zero-order chi connectivity index (χ0) is 13.7. The number of aryl methyl sites for hydroxylation is 1. The molecule has 0 aliphatic carbocycles. The Morgan fingerprint density at radius 3 is 3.00 bits per heavy atom. The topological polar surface area (TPSA) is 88.2 Å². The Balaban J connectivity index is 2.17. The maximum absolute atomic E-state index is 12.0. The fourth-order valence-electron chi connectivity index (χ4n) is 1.50. The van der Waals surface area contributed by atoms with Crippen LogP contribution in [0.25, 0.3) is 0 Å². The van der Waals surface area contributed by atoms with Crippen LogP contribution >= 0.6 is 0 Å². The van der Waals surface area contributed by atoms with E-state index >= 15 is 0 Å². The van der Waals surface area contributed by atoms with E-state index in [0.717, 1.165) is 0 Å². The molecule has 0 spiro atoms. The minimum Gasteiger partial charge on any atom is -0.477 e. The Labute approximate surface area is 109 Å². The Morgan fingerprint density at radius 2 is 2.32 bits per heavy atom. The van der Waals surface area contributed by atoms with Crippen LogP contribution in [0.3, 0.4) is 0 Å². The van der Waals surface area contributed by atoms with Gasteiger partial charge in [0, 0.05) is 0 Å². The highest BCUT2D eigenvalue weighted by molar-refractivity contribution is 6.03. The molecule has 0 fully saturated rings. The first-order valence-corrected chi connectivity index (χ1v) is 5.52. The number of carbonyl (C=O) groups is 1. The van der Waals surface area contributed by atoms with E-state index in [0.29, 0.717) is 17.1 Å². The number of nitrogens with zero attached hydrogens (tertiary/aromatic N) is 2. The molecule has 6 heteroatoms.